The number of morpholine rings is 1. The molecule has 2 saturated heterocycles. The molecule has 0 radical (unpaired) electrons. The molecule has 2 heterocycles. The first kappa shape index (κ1) is 21.4. The third kappa shape index (κ3) is 5.45. The van der Waals surface area contributed by atoms with Crippen LogP contribution in [0.4, 0.5) is 0 Å². The number of hydrogen-bond donors (Lipinski definition) is 2. The number of ether oxygens (including phenoxy) is 2. The Morgan fingerprint density at radius 2 is 2.00 bits per heavy atom. The van der Waals surface area contributed by atoms with E-state index in [-0.39, 0.29) is 42.1 Å². The third-order valence-electron chi connectivity index (χ3n) is 4.51. The summed E-state index contributed by atoms with van der Waals surface area (Å²) in [5.74, 6) is 0.827. The van der Waals surface area contributed by atoms with E-state index < -0.39 is 5.41 Å². The van der Waals surface area contributed by atoms with Gasteiger partial charge in [0.2, 0.25) is 5.91 Å². The minimum absolute atomic E-state index is 0. The number of nitrogens with zero attached hydrogens (tertiary/aromatic N) is 2. The van der Waals surface area contributed by atoms with Crippen LogP contribution in [0.3, 0.4) is 0 Å². The van der Waals surface area contributed by atoms with Crippen LogP contribution < -0.4 is 10.6 Å². The van der Waals surface area contributed by atoms with E-state index in [9.17, 15) is 4.79 Å². The van der Waals surface area contributed by atoms with E-state index in [1.54, 1.807) is 14.1 Å². The molecule has 2 unspecified atom stereocenters. The zero-order chi connectivity index (χ0) is 16.9. The van der Waals surface area contributed by atoms with Crippen LogP contribution in [0.1, 0.15) is 26.7 Å². The summed E-state index contributed by atoms with van der Waals surface area (Å²) in [5.41, 5.74) is -0.495. The number of rotatable bonds is 4. The van der Waals surface area contributed by atoms with Crippen molar-refractivity contribution in [2.45, 2.75) is 38.9 Å². The highest BCUT2D eigenvalue weighted by atomic mass is 127. The first-order chi connectivity index (χ1) is 11.0. The molecule has 0 saturated carbocycles. The second kappa shape index (κ2) is 9.76. The lowest BCUT2D eigenvalue weighted by atomic mass is 9.92. The number of halogens is 1. The van der Waals surface area contributed by atoms with Gasteiger partial charge in [-0.15, -0.1) is 24.0 Å². The molecule has 0 aromatic carbocycles. The summed E-state index contributed by atoms with van der Waals surface area (Å²) in [5, 5.41) is 6.03. The molecule has 2 rings (SSSR count). The molecular weight excluding hydrogens is 423 g/mol. The zero-order valence-electron chi connectivity index (χ0n) is 15.1. The van der Waals surface area contributed by atoms with Gasteiger partial charge in [0, 0.05) is 40.3 Å². The van der Waals surface area contributed by atoms with Crippen LogP contribution in [0.25, 0.3) is 0 Å². The first-order valence-corrected chi connectivity index (χ1v) is 8.39. The summed E-state index contributed by atoms with van der Waals surface area (Å²) in [6, 6.07) is 0. The molecule has 7 nitrogen and oxygen atoms in total. The zero-order valence-corrected chi connectivity index (χ0v) is 17.5. The summed E-state index contributed by atoms with van der Waals surface area (Å²) in [7, 11) is 3.43. The smallest absolute Gasteiger partial charge is 0.227 e. The second-order valence-corrected chi connectivity index (χ2v) is 6.77. The predicted molar refractivity (Wildman–Crippen MR) is 105 cm³/mol. The Hall–Kier alpha value is -0.610. The van der Waals surface area contributed by atoms with Crippen molar-refractivity contribution in [3.05, 3.63) is 0 Å². The van der Waals surface area contributed by atoms with Crippen molar-refractivity contribution in [1.29, 1.82) is 0 Å². The summed E-state index contributed by atoms with van der Waals surface area (Å²) < 4.78 is 11.6. The van der Waals surface area contributed by atoms with Crippen molar-refractivity contribution in [3.63, 3.8) is 0 Å². The second-order valence-electron chi connectivity index (χ2n) is 6.77. The van der Waals surface area contributed by atoms with Crippen molar-refractivity contribution >= 4 is 35.8 Å². The summed E-state index contributed by atoms with van der Waals surface area (Å²) >= 11 is 0. The van der Waals surface area contributed by atoms with Crippen molar-refractivity contribution in [1.82, 2.24) is 15.5 Å². The van der Waals surface area contributed by atoms with E-state index in [0.29, 0.717) is 13.2 Å². The molecule has 2 aliphatic heterocycles. The minimum atomic E-state index is -0.495. The maximum atomic E-state index is 11.9. The normalized spacial score (nSPS) is 25.2. The predicted octanol–water partition coefficient (Wildman–Crippen LogP) is 0.832. The molecule has 0 aromatic rings. The van der Waals surface area contributed by atoms with Crippen LogP contribution in [0, 0.1) is 5.41 Å². The molecule has 140 valence electrons. The third-order valence-corrected chi connectivity index (χ3v) is 4.51. The van der Waals surface area contributed by atoms with Crippen molar-refractivity contribution in [3.8, 4) is 0 Å². The van der Waals surface area contributed by atoms with Crippen LogP contribution in [0.2, 0.25) is 0 Å². The van der Waals surface area contributed by atoms with E-state index in [1.807, 2.05) is 13.8 Å². The minimum Gasteiger partial charge on any atom is -0.375 e. The maximum Gasteiger partial charge on any atom is 0.227 e. The Morgan fingerprint density at radius 3 is 2.58 bits per heavy atom. The molecule has 1 amide bonds. The molecule has 24 heavy (non-hydrogen) atoms. The Morgan fingerprint density at radius 1 is 1.29 bits per heavy atom. The topological polar surface area (TPSA) is 75.2 Å². The van der Waals surface area contributed by atoms with Crippen LogP contribution >= 0.6 is 24.0 Å². The Labute approximate surface area is 161 Å². The largest absolute Gasteiger partial charge is 0.375 e. The van der Waals surface area contributed by atoms with Crippen molar-refractivity contribution in [2.75, 3.05) is 46.9 Å². The van der Waals surface area contributed by atoms with E-state index in [0.717, 1.165) is 38.5 Å². The quantitative estimate of drug-likeness (QED) is 0.374. The molecule has 0 spiro atoms. The maximum absolute atomic E-state index is 11.9. The van der Waals surface area contributed by atoms with Crippen molar-refractivity contribution in [2.24, 2.45) is 10.4 Å². The van der Waals surface area contributed by atoms with Gasteiger partial charge in [-0.2, -0.15) is 0 Å². The molecule has 2 aliphatic rings. The molecule has 8 heteroatoms. The lowest BCUT2D eigenvalue weighted by Gasteiger charge is -2.37. The van der Waals surface area contributed by atoms with E-state index in [4.69, 9.17) is 9.47 Å². The van der Waals surface area contributed by atoms with Gasteiger partial charge in [-0.05, 0) is 26.7 Å². The number of nitrogens with one attached hydrogen (secondary N) is 2. The lowest BCUT2D eigenvalue weighted by Crippen LogP contribution is -2.55. The number of hydrogen-bond acceptors (Lipinski definition) is 4. The van der Waals surface area contributed by atoms with Crippen LogP contribution in [-0.4, -0.2) is 75.9 Å². The molecule has 2 N–H and O–H groups in total. The monoisotopic (exact) mass is 454 g/mol. The number of carbonyl (C=O) groups is 1. The van der Waals surface area contributed by atoms with E-state index in [2.05, 4.69) is 20.5 Å². The molecule has 0 bridgehead atoms. The highest BCUT2D eigenvalue weighted by Crippen LogP contribution is 2.21. The molecule has 0 aromatic heterocycles. The summed E-state index contributed by atoms with van der Waals surface area (Å²) in [4.78, 5) is 18.5. The van der Waals surface area contributed by atoms with Gasteiger partial charge in [-0.25, -0.2) is 0 Å². The van der Waals surface area contributed by atoms with Crippen LogP contribution in [-0.2, 0) is 14.3 Å². The van der Waals surface area contributed by atoms with E-state index >= 15 is 0 Å². The molecule has 2 fully saturated rings. The van der Waals surface area contributed by atoms with Crippen molar-refractivity contribution < 1.29 is 14.3 Å². The molecule has 2 atom stereocenters. The molecular formula is C16H31IN4O3. The Kier molecular flexibility index (Phi) is 8.72. The average Bonchev–Trinajstić information content (AvgIpc) is 3.09. The van der Waals surface area contributed by atoms with Gasteiger partial charge >= 0.3 is 0 Å². The number of amides is 1. The summed E-state index contributed by atoms with van der Waals surface area (Å²) in [6.07, 6.45) is 2.46. The standard InChI is InChI=1S/C16H30N4O3.HI/c1-16(2,14(21)17-3)11-19-15(18-4)20-7-9-23-13(10-20)12-6-5-8-22-12;/h12-13H,5-11H2,1-4H3,(H,17,21)(H,18,19);1H. The number of guanidine groups is 1. The van der Waals surface area contributed by atoms with Gasteiger partial charge in [0.1, 0.15) is 6.10 Å². The highest BCUT2D eigenvalue weighted by Gasteiger charge is 2.33. The van der Waals surface area contributed by atoms with Crippen LogP contribution in [0.5, 0.6) is 0 Å². The average molecular weight is 454 g/mol. The van der Waals surface area contributed by atoms with Crippen LogP contribution in [0.15, 0.2) is 4.99 Å². The Balaban J connectivity index is 0.00000288. The van der Waals surface area contributed by atoms with Gasteiger partial charge in [-0.3, -0.25) is 9.79 Å². The van der Waals surface area contributed by atoms with Gasteiger partial charge in [0.15, 0.2) is 5.96 Å². The number of carbonyl (C=O) groups excluding carboxylic acids is 1. The lowest BCUT2D eigenvalue weighted by molar-refractivity contribution is -0.128. The van der Waals surface area contributed by atoms with E-state index in [1.165, 1.54) is 0 Å². The van der Waals surface area contributed by atoms with Gasteiger partial charge < -0.3 is 25.0 Å². The highest BCUT2D eigenvalue weighted by molar-refractivity contribution is 14.0. The van der Waals surface area contributed by atoms with Gasteiger partial charge in [-0.1, -0.05) is 0 Å². The first-order valence-electron chi connectivity index (χ1n) is 8.39. The molecule has 0 aliphatic carbocycles. The van der Waals surface area contributed by atoms with Gasteiger partial charge in [0.05, 0.1) is 18.1 Å². The number of aliphatic imine (C=N–C) groups is 1. The Bertz CT molecular complexity index is 439. The fourth-order valence-corrected chi connectivity index (χ4v) is 3.04. The fraction of sp³-hybridized carbons (Fsp3) is 0.875. The fourth-order valence-electron chi connectivity index (χ4n) is 3.04. The summed E-state index contributed by atoms with van der Waals surface area (Å²) in [6.45, 7) is 7.43. The SMILES string of the molecule is CN=C(NCC(C)(C)C(=O)NC)N1CCOC(C2CCCO2)C1.I. The van der Waals surface area contributed by atoms with Gasteiger partial charge in [0.25, 0.3) is 0 Å².